The molecule has 6 nitrogen and oxygen atoms in total. The van der Waals surface area contributed by atoms with Gasteiger partial charge in [0, 0.05) is 6.61 Å². The molecule has 7 heteroatoms. The molecule has 16 heavy (non-hydrogen) atoms. The highest BCUT2D eigenvalue weighted by Crippen LogP contribution is 2.26. The molecule has 0 unspecified atom stereocenters. The lowest BCUT2D eigenvalue weighted by Gasteiger charge is -2.13. The zero-order chi connectivity index (χ0) is 11.7. The molecule has 1 aromatic heterocycles. The van der Waals surface area contributed by atoms with Crippen LogP contribution in [-0.4, -0.2) is 40.1 Å². The predicted molar refractivity (Wildman–Crippen MR) is 54.1 cm³/mol. The summed E-state index contributed by atoms with van der Waals surface area (Å²) in [4.78, 5) is 25.5. The number of aromatic nitrogens is 2. The van der Waals surface area contributed by atoms with Crippen molar-refractivity contribution < 1.29 is 19.4 Å². The molecule has 86 valence electrons. The standard InChI is InChI=1S/C9H9ClN2O4/c10-8-7(9(14)15)12(6(3-13)11-8)5-1-2-16-4-5/h3,5H,1-2,4H2,(H,14,15)/t5-/m0/s1. The second kappa shape index (κ2) is 4.23. The number of halogens is 1. The summed E-state index contributed by atoms with van der Waals surface area (Å²) in [6.45, 7) is 0.908. The van der Waals surface area contributed by atoms with Gasteiger partial charge in [0.15, 0.2) is 23.0 Å². The van der Waals surface area contributed by atoms with Crippen molar-refractivity contribution in [1.82, 2.24) is 9.55 Å². The highest BCUT2D eigenvalue weighted by Gasteiger charge is 2.28. The molecule has 0 amide bonds. The molecule has 1 atom stereocenters. The fraction of sp³-hybridized carbons (Fsp3) is 0.444. The third-order valence-electron chi connectivity index (χ3n) is 2.47. The lowest BCUT2D eigenvalue weighted by molar-refractivity contribution is 0.0682. The minimum absolute atomic E-state index is 0.0258. The Balaban J connectivity index is 2.54. The van der Waals surface area contributed by atoms with E-state index in [0.717, 1.165) is 0 Å². The van der Waals surface area contributed by atoms with Crippen molar-refractivity contribution >= 4 is 23.9 Å². The highest BCUT2D eigenvalue weighted by atomic mass is 35.5. The summed E-state index contributed by atoms with van der Waals surface area (Å²) < 4.78 is 6.49. The van der Waals surface area contributed by atoms with Crippen LogP contribution in [-0.2, 0) is 4.74 Å². The minimum Gasteiger partial charge on any atom is -0.476 e. The van der Waals surface area contributed by atoms with Gasteiger partial charge in [0.2, 0.25) is 0 Å². The lowest BCUT2D eigenvalue weighted by atomic mass is 10.2. The first-order valence-electron chi connectivity index (χ1n) is 4.69. The molecule has 1 N–H and O–H groups in total. The van der Waals surface area contributed by atoms with Crippen LogP contribution in [0.15, 0.2) is 0 Å². The number of nitrogens with zero attached hydrogens (tertiary/aromatic N) is 2. The topological polar surface area (TPSA) is 81.4 Å². The molecule has 2 heterocycles. The zero-order valence-corrected chi connectivity index (χ0v) is 8.98. The van der Waals surface area contributed by atoms with E-state index in [1.807, 2.05) is 0 Å². The number of aromatic carboxylic acids is 1. The van der Waals surface area contributed by atoms with Gasteiger partial charge in [-0.15, -0.1) is 0 Å². The van der Waals surface area contributed by atoms with E-state index in [1.165, 1.54) is 4.57 Å². The number of carboxylic acid groups (broad SMARTS) is 1. The van der Waals surface area contributed by atoms with Crippen molar-refractivity contribution in [3.63, 3.8) is 0 Å². The van der Waals surface area contributed by atoms with E-state index < -0.39 is 5.97 Å². The Bertz CT molecular complexity index is 437. The van der Waals surface area contributed by atoms with Crippen LogP contribution in [0.4, 0.5) is 0 Å². The summed E-state index contributed by atoms with van der Waals surface area (Å²) in [7, 11) is 0. The number of carboxylic acids is 1. The van der Waals surface area contributed by atoms with E-state index in [4.69, 9.17) is 21.4 Å². The molecule has 0 spiro atoms. The van der Waals surface area contributed by atoms with Crippen molar-refractivity contribution in [2.75, 3.05) is 13.2 Å². The third-order valence-corrected chi connectivity index (χ3v) is 2.74. The molecule has 1 aliphatic rings. The monoisotopic (exact) mass is 244 g/mol. The van der Waals surface area contributed by atoms with Crippen molar-refractivity contribution in [2.45, 2.75) is 12.5 Å². The number of hydrogen-bond acceptors (Lipinski definition) is 4. The molecular weight excluding hydrogens is 236 g/mol. The summed E-state index contributed by atoms with van der Waals surface area (Å²) in [5, 5.41) is 8.85. The Morgan fingerprint density at radius 3 is 2.94 bits per heavy atom. The minimum atomic E-state index is -1.20. The van der Waals surface area contributed by atoms with Crippen molar-refractivity contribution in [3.05, 3.63) is 16.7 Å². The van der Waals surface area contributed by atoms with Crippen LogP contribution in [0, 0.1) is 0 Å². The number of aldehydes is 1. The summed E-state index contributed by atoms with van der Waals surface area (Å²) in [5.41, 5.74) is -0.153. The number of rotatable bonds is 3. The second-order valence-corrected chi connectivity index (χ2v) is 3.78. The fourth-order valence-corrected chi connectivity index (χ4v) is 2.05. The molecule has 0 saturated carbocycles. The van der Waals surface area contributed by atoms with Crippen molar-refractivity contribution in [3.8, 4) is 0 Å². The number of imidazole rings is 1. The van der Waals surface area contributed by atoms with Gasteiger partial charge in [-0.1, -0.05) is 11.6 Å². The second-order valence-electron chi connectivity index (χ2n) is 3.42. The van der Waals surface area contributed by atoms with Gasteiger partial charge in [0.05, 0.1) is 12.6 Å². The maximum atomic E-state index is 11.0. The first-order valence-corrected chi connectivity index (χ1v) is 5.07. The number of ether oxygens (including phenoxy) is 1. The van der Waals surface area contributed by atoms with Gasteiger partial charge < -0.3 is 14.4 Å². The average Bonchev–Trinajstić information content (AvgIpc) is 2.82. The van der Waals surface area contributed by atoms with Crippen molar-refractivity contribution in [1.29, 1.82) is 0 Å². The van der Waals surface area contributed by atoms with Gasteiger partial charge in [-0.3, -0.25) is 4.79 Å². The van der Waals surface area contributed by atoms with E-state index in [2.05, 4.69) is 4.98 Å². The molecular formula is C9H9ClN2O4. The summed E-state index contributed by atoms with van der Waals surface area (Å²) in [5.74, 6) is -1.17. The van der Waals surface area contributed by atoms with Gasteiger partial charge in [0.1, 0.15) is 0 Å². The van der Waals surface area contributed by atoms with Crippen LogP contribution in [0.5, 0.6) is 0 Å². The largest absolute Gasteiger partial charge is 0.476 e. The molecule has 1 aliphatic heterocycles. The Kier molecular flexibility index (Phi) is 2.93. The van der Waals surface area contributed by atoms with Gasteiger partial charge in [-0.2, -0.15) is 0 Å². The number of hydrogen-bond donors (Lipinski definition) is 1. The quantitative estimate of drug-likeness (QED) is 0.803. The van der Waals surface area contributed by atoms with Gasteiger partial charge in [-0.05, 0) is 6.42 Å². The molecule has 1 saturated heterocycles. The van der Waals surface area contributed by atoms with Gasteiger partial charge >= 0.3 is 5.97 Å². The lowest BCUT2D eigenvalue weighted by Crippen LogP contribution is -2.17. The number of carbonyl (C=O) groups excluding carboxylic acids is 1. The average molecular weight is 245 g/mol. The first-order chi connectivity index (χ1) is 7.65. The normalized spacial score (nSPS) is 19.9. The summed E-state index contributed by atoms with van der Waals surface area (Å²) in [6.07, 6.45) is 1.14. The smallest absolute Gasteiger partial charge is 0.355 e. The van der Waals surface area contributed by atoms with E-state index in [-0.39, 0.29) is 22.7 Å². The SMILES string of the molecule is O=Cc1nc(Cl)c(C(=O)O)n1[C@H]1CCOC1. The highest BCUT2D eigenvalue weighted by molar-refractivity contribution is 6.32. The maximum absolute atomic E-state index is 11.0. The Hall–Kier alpha value is -1.40. The van der Waals surface area contributed by atoms with E-state index >= 15 is 0 Å². The maximum Gasteiger partial charge on any atom is 0.355 e. The van der Waals surface area contributed by atoms with Crippen LogP contribution in [0.2, 0.25) is 5.15 Å². The molecule has 0 aromatic carbocycles. The van der Waals surface area contributed by atoms with Crippen LogP contribution < -0.4 is 0 Å². The Labute approximate surface area is 95.8 Å². The molecule has 1 fully saturated rings. The summed E-state index contributed by atoms with van der Waals surface area (Å²) in [6, 6.07) is -0.189. The van der Waals surface area contributed by atoms with Crippen LogP contribution >= 0.6 is 11.6 Å². The fourth-order valence-electron chi connectivity index (χ4n) is 1.79. The zero-order valence-electron chi connectivity index (χ0n) is 8.22. The van der Waals surface area contributed by atoms with Crippen LogP contribution in [0.25, 0.3) is 0 Å². The van der Waals surface area contributed by atoms with Gasteiger partial charge in [0.25, 0.3) is 0 Å². The Morgan fingerprint density at radius 1 is 1.69 bits per heavy atom. The van der Waals surface area contributed by atoms with E-state index in [9.17, 15) is 9.59 Å². The Morgan fingerprint density at radius 2 is 2.44 bits per heavy atom. The molecule has 1 aromatic rings. The first kappa shape index (κ1) is 11.1. The summed E-state index contributed by atoms with van der Waals surface area (Å²) >= 11 is 5.69. The van der Waals surface area contributed by atoms with Crippen molar-refractivity contribution in [2.24, 2.45) is 0 Å². The third kappa shape index (κ3) is 1.70. The molecule has 0 bridgehead atoms. The van der Waals surface area contributed by atoms with E-state index in [0.29, 0.717) is 25.9 Å². The predicted octanol–water partition coefficient (Wildman–Crippen LogP) is 1.01. The molecule has 0 aliphatic carbocycles. The van der Waals surface area contributed by atoms with Crippen LogP contribution in [0.3, 0.4) is 0 Å². The molecule has 0 radical (unpaired) electrons. The van der Waals surface area contributed by atoms with E-state index in [1.54, 1.807) is 0 Å². The van der Waals surface area contributed by atoms with Crippen LogP contribution in [0.1, 0.15) is 33.6 Å². The van der Waals surface area contributed by atoms with Gasteiger partial charge in [-0.25, -0.2) is 9.78 Å². The number of carbonyl (C=O) groups is 2. The molecule has 2 rings (SSSR count).